The number of rotatable bonds is 7. The third kappa shape index (κ3) is 4.78. The van der Waals surface area contributed by atoms with E-state index in [1.807, 2.05) is 6.07 Å². The first-order valence-electron chi connectivity index (χ1n) is 8.40. The van der Waals surface area contributed by atoms with Crippen molar-refractivity contribution in [1.82, 2.24) is 4.31 Å². The van der Waals surface area contributed by atoms with Gasteiger partial charge in [-0.05, 0) is 43.7 Å². The lowest BCUT2D eigenvalue weighted by Gasteiger charge is -2.19. The Morgan fingerprint density at radius 3 is 2.44 bits per heavy atom. The first-order valence-corrected chi connectivity index (χ1v) is 9.84. The Bertz CT molecular complexity index is 926. The second-order valence-electron chi connectivity index (χ2n) is 6.32. The van der Waals surface area contributed by atoms with Crippen LogP contribution in [0.1, 0.15) is 12.5 Å². The van der Waals surface area contributed by atoms with E-state index in [0.717, 1.165) is 4.31 Å². The van der Waals surface area contributed by atoms with Crippen molar-refractivity contribution < 1.29 is 17.9 Å². The molecule has 8 heteroatoms. The van der Waals surface area contributed by atoms with Crippen LogP contribution in [0, 0.1) is 6.92 Å². The number of benzene rings is 2. The van der Waals surface area contributed by atoms with Crippen LogP contribution in [0.25, 0.3) is 0 Å². The van der Waals surface area contributed by atoms with Gasteiger partial charge in [0, 0.05) is 19.8 Å². The molecule has 2 N–H and O–H groups in total. The van der Waals surface area contributed by atoms with Gasteiger partial charge in [0.25, 0.3) is 0 Å². The van der Waals surface area contributed by atoms with Gasteiger partial charge >= 0.3 is 0 Å². The fourth-order valence-electron chi connectivity index (χ4n) is 2.47. The number of hydrogen-bond acceptors (Lipinski definition) is 5. The molecule has 0 aromatic heterocycles. The summed E-state index contributed by atoms with van der Waals surface area (Å²) >= 11 is 0. The molecular formula is C19H25N3O4S. The van der Waals surface area contributed by atoms with Crippen LogP contribution in [0.3, 0.4) is 0 Å². The summed E-state index contributed by atoms with van der Waals surface area (Å²) in [5.74, 6) is 0.296. The fourth-order valence-corrected chi connectivity index (χ4v) is 3.61. The van der Waals surface area contributed by atoms with Crippen LogP contribution >= 0.6 is 0 Å². The van der Waals surface area contributed by atoms with Crippen LogP contribution in [0.4, 0.5) is 11.4 Å². The second-order valence-corrected chi connectivity index (χ2v) is 8.44. The summed E-state index contributed by atoms with van der Waals surface area (Å²) in [6.45, 7) is 3.43. The SMILES string of the molecule is COc1ccccc1NC(=O)[C@H](C)Nc1ccc(C)c(S(=O)(=O)N(C)C)c1. The molecule has 0 fully saturated rings. The molecule has 0 bridgehead atoms. The Kier molecular flexibility index (Phi) is 6.45. The maximum atomic E-state index is 12.5. The van der Waals surface area contributed by atoms with Crippen molar-refractivity contribution in [2.75, 3.05) is 31.8 Å². The first kappa shape index (κ1) is 20.7. The zero-order valence-electron chi connectivity index (χ0n) is 16.1. The van der Waals surface area contributed by atoms with Crippen LogP contribution in [0.5, 0.6) is 5.75 Å². The molecule has 27 heavy (non-hydrogen) atoms. The molecule has 0 aliphatic carbocycles. The summed E-state index contributed by atoms with van der Waals surface area (Å²) < 4.78 is 31.3. The molecule has 2 aromatic carbocycles. The average molecular weight is 391 g/mol. The third-order valence-electron chi connectivity index (χ3n) is 4.09. The van der Waals surface area contributed by atoms with E-state index in [1.165, 1.54) is 27.3 Å². The Labute approximate surface area is 160 Å². The van der Waals surface area contributed by atoms with Gasteiger partial charge in [0.05, 0.1) is 17.7 Å². The van der Waals surface area contributed by atoms with E-state index >= 15 is 0 Å². The minimum atomic E-state index is -3.57. The number of aryl methyl sites for hydroxylation is 1. The van der Waals surface area contributed by atoms with Gasteiger partial charge in [-0.25, -0.2) is 12.7 Å². The van der Waals surface area contributed by atoms with Crippen LogP contribution < -0.4 is 15.4 Å². The molecule has 0 saturated carbocycles. The number of nitrogens with one attached hydrogen (secondary N) is 2. The van der Waals surface area contributed by atoms with Crippen molar-refractivity contribution in [2.24, 2.45) is 0 Å². The lowest BCUT2D eigenvalue weighted by atomic mass is 10.2. The van der Waals surface area contributed by atoms with E-state index in [-0.39, 0.29) is 10.8 Å². The highest BCUT2D eigenvalue weighted by molar-refractivity contribution is 7.89. The standard InChI is InChI=1S/C19H25N3O4S/c1-13-10-11-15(12-18(13)27(24,25)22(3)4)20-14(2)19(23)21-16-8-6-7-9-17(16)26-5/h6-12,14,20H,1-5H3,(H,21,23)/t14-/m0/s1. The number of para-hydroxylation sites is 2. The molecule has 0 aliphatic heterocycles. The number of carbonyl (C=O) groups is 1. The smallest absolute Gasteiger partial charge is 0.246 e. The van der Waals surface area contributed by atoms with Gasteiger partial charge in [-0.3, -0.25) is 4.79 Å². The monoisotopic (exact) mass is 391 g/mol. The van der Waals surface area contributed by atoms with E-state index in [4.69, 9.17) is 4.74 Å². The first-order chi connectivity index (χ1) is 12.7. The number of sulfonamides is 1. The number of carbonyl (C=O) groups excluding carboxylic acids is 1. The molecule has 0 radical (unpaired) electrons. The van der Waals surface area contributed by atoms with E-state index < -0.39 is 16.1 Å². The van der Waals surface area contributed by atoms with Crippen LogP contribution in [0.15, 0.2) is 47.4 Å². The number of methoxy groups -OCH3 is 1. The molecule has 0 aliphatic rings. The summed E-state index contributed by atoms with van der Waals surface area (Å²) in [5, 5.41) is 5.85. The molecule has 0 spiro atoms. The predicted octanol–water partition coefficient (Wildman–Crippen LogP) is 2.69. The van der Waals surface area contributed by atoms with Gasteiger partial charge in [0.2, 0.25) is 15.9 Å². The van der Waals surface area contributed by atoms with Gasteiger partial charge in [-0.1, -0.05) is 18.2 Å². The minimum absolute atomic E-state index is 0.204. The van der Waals surface area contributed by atoms with Gasteiger partial charge in [0.1, 0.15) is 11.8 Å². The number of hydrogen-bond donors (Lipinski definition) is 2. The van der Waals surface area contributed by atoms with Crippen molar-refractivity contribution in [3.63, 3.8) is 0 Å². The molecule has 0 heterocycles. The maximum Gasteiger partial charge on any atom is 0.246 e. The zero-order chi connectivity index (χ0) is 20.2. The van der Waals surface area contributed by atoms with Crippen molar-refractivity contribution in [1.29, 1.82) is 0 Å². The highest BCUT2D eigenvalue weighted by Gasteiger charge is 2.21. The van der Waals surface area contributed by atoms with Gasteiger partial charge in [-0.15, -0.1) is 0 Å². The van der Waals surface area contributed by atoms with Gasteiger partial charge < -0.3 is 15.4 Å². The Hall–Kier alpha value is -2.58. The third-order valence-corrected chi connectivity index (χ3v) is 6.05. The van der Waals surface area contributed by atoms with Gasteiger partial charge in [0.15, 0.2) is 0 Å². The summed E-state index contributed by atoms with van der Waals surface area (Å²) in [5.41, 5.74) is 1.75. The number of anilines is 2. The van der Waals surface area contributed by atoms with E-state index in [1.54, 1.807) is 44.2 Å². The number of amides is 1. The molecule has 7 nitrogen and oxygen atoms in total. The summed E-state index contributed by atoms with van der Waals surface area (Å²) in [7, 11) is 0.935. The number of ether oxygens (including phenoxy) is 1. The van der Waals surface area contributed by atoms with Crippen molar-refractivity contribution in [3.05, 3.63) is 48.0 Å². The summed E-state index contributed by atoms with van der Waals surface area (Å²) in [6.07, 6.45) is 0. The van der Waals surface area contributed by atoms with Crippen molar-refractivity contribution in [2.45, 2.75) is 24.8 Å². The van der Waals surface area contributed by atoms with E-state index in [2.05, 4.69) is 10.6 Å². The van der Waals surface area contributed by atoms with Crippen LogP contribution in [-0.4, -0.2) is 45.9 Å². The molecule has 2 rings (SSSR count). The number of nitrogens with zero attached hydrogens (tertiary/aromatic N) is 1. The minimum Gasteiger partial charge on any atom is -0.495 e. The predicted molar refractivity (Wildman–Crippen MR) is 107 cm³/mol. The fraction of sp³-hybridized carbons (Fsp3) is 0.316. The lowest BCUT2D eigenvalue weighted by Crippen LogP contribution is -2.32. The van der Waals surface area contributed by atoms with Crippen molar-refractivity contribution in [3.8, 4) is 5.75 Å². The van der Waals surface area contributed by atoms with Gasteiger partial charge in [-0.2, -0.15) is 0 Å². The normalized spacial score (nSPS) is 12.5. The Morgan fingerprint density at radius 2 is 1.81 bits per heavy atom. The highest BCUT2D eigenvalue weighted by Crippen LogP contribution is 2.25. The quantitative estimate of drug-likeness (QED) is 0.758. The summed E-state index contributed by atoms with van der Waals surface area (Å²) in [6, 6.07) is 11.5. The van der Waals surface area contributed by atoms with Crippen LogP contribution in [-0.2, 0) is 14.8 Å². The zero-order valence-corrected chi connectivity index (χ0v) is 16.9. The molecular weight excluding hydrogens is 366 g/mol. The Balaban J connectivity index is 2.18. The summed E-state index contributed by atoms with van der Waals surface area (Å²) in [4.78, 5) is 12.7. The molecule has 146 valence electrons. The van der Waals surface area contributed by atoms with Crippen molar-refractivity contribution >= 4 is 27.3 Å². The maximum absolute atomic E-state index is 12.5. The molecule has 1 atom stereocenters. The van der Waals surface area contributed by atoms with E-state index in [9.17, 15) is 13.2 Å². The average Bonchev–Trinajstić information content (AvgIpc) is 2.63. The second kappa shape index (κ2) is 8.41. The van der Waals surface area contributed by atoms with E-state index in [0.29, 0.717) is 22.7 Å². The lowest BCUT2D eigenvalue weighted by molar-refractivity contribution is -0.116. The Morgan fingerprint density at radius 1 is 1.15 bits per heavy atom. The van der Waals surface area contributed by atoms with Crippen LogP contribution in [0.2, 0.25) is 0 Å². The molecule has 1 amide bonds. The molecule has 2 aromatic rings. The molecule has 0 unspecified atom stereocenters. The highest BCUT2D eigenvalue weighted by atomic mass is 32.2. The topological polar surface area (TPSA) is 87.7 Å². The largest absolute Gasteiger partial charge is 0.495 e. The molecule has 0 saturated heterocycles.